The van der Waals surface area contributed by atoms with Crippen LogP contribution in [0.15, 0.2) is 22.7 Å². The Labute approximate surface area is 118 Å². The van der Waals surface area contributed by atoms with Crippen LogP contribution in [-0.4, -0.2) is 35.8 Å². The van der Waals surface area contributed by atoms with Gasteiger partial charge in [-0.1, -0.05) is 27.5 Å². The van der Waals surface area contributed by atoms with Crippen LogP contribution in [0, 0.1) is 0 Å². The van der Waals surface area contributed by atoms with Gasteiger partial charge < -0.3 is 10.2 Å². The highest BCUT2D eigenvalue weighted by atomic mass is 79.9. The maximum Gasteiger partial charge on any atom is 0.254 e. The molecule has 96 valence electrons. The molecule has 1 aromatic carbocycles. The predicted molar refractivity (Wildman–Crippen MR) is 72.7 cm³/mol. The van der Waals surface area contributed by atoms with Gasteiger partial charge in [0.25, 0.3) is 5.91 Å². The molecule has 2 rings (SSSR count). The number of hydrogen-bond donors (Lipinski definition) is 1. The molecule has 18 heavy (non-hydrogen) atoms. The molecule has 1 fully saturated rings. The molecule has 2 amide bonds. The minimum absolute atomic E-state index is 0.129. The first-order valence-electron chi connectivity index (χ1n) is 5.54. The van der Waals surface area contributed by atoms with E-state index in [1.165, 1.54) is 0 Å². The Morgan fingerprint density at radius 1 is 1.50 bits per heavy atom. The van der Waals surface area contributed by atoms with Crippen LogP contribution in [0.25, 0.3) is 0 Å². The van der Waals surface area contributed by atoms with Gasteiger partial charge in [-0.3, -0.25) is 9.59 Å². The van der Waals surface area contributed by atoms with Crippen LogP contribution in [-0.2, 0) is 4.79 Å². The van der Waals surface area contributed by atoms with Crippen LogP contribution in [0.1, 0.15) is 17.3 Å². The van der Waals surface area contributed by atoms with E-state index >= 15 is 0 Å². The Bertz CT molecular complexity index is 487. The number of nitrogens with zero attached hydrogens (tertiary/aromatic N) is 1. The molecule has 1 aromatic rings. The Hall–Kier alpha value is -1.07. The summed E-state index contributed by atoms with van der Waals surface area (Å²) in [5.41, 5.74) is 0.482. The fourth-order valence-corrected chi connectivity index (χ4v) is 2.76. The fraction of sp³-hybridized carbons (Fsp3) is 0.333. The lowest BCUT2D eigenvalue weighted by atomic mass is 10.1. The molecule has 0 aliphatic carbocycles. The van der Waals surface area contributed by atoms with Crippen molar-refractivity contribution < 1.29 is 9.59 Å². The molecule has 0 aromatic heterocycles. The largest absolute Gasteiger partial charge is 0.353 e. The average molecular weight is 332 g/mol. The van der Waals surface area contributed by atoms with E-state index in [4.69, 9.17) is 11.6 Å². The lowest BCUT2D eigenvalue weighted by Gasteiger charge is -2.32. The van der Waals surface area contributed by atoms with Gasteiger partial charge in [0.05, 0.1) is 0 Å². The normalized spacial score (nSPS) is 19.6. The van der Waals surface area contributed by atoms with Crippen molar-refractivity contribution in [2.75, 3.05) is 13.1 Å². The van der Waals surface area contributed by atoms with Gasteiger partial charge in [0.2, 0.25) is 5.91 Å². The van der Waals surface area contributed by atoms with Crippen molar-refractivity contribution in [2.24, 2.45) is 0 Å². The lowest BCUT2D eigenvalue weighted by molar-refractivity contribution is -0.127. The molecule has 1 unspecified atom stereocenters. The molecule has 1 saturated heterocycles. The molecule has 0 radical (unpaired) electrons. The topological polar surface area (TPSA) is 49.4 Å². The molecule has 6 heteroatoms. The maximum atomic E-state index is 12.3. The van der Waals surface area contributed by atoms with Crippen molar-refractivity contribution in [3.8, 4) is 0 Å². The van der Waals surface area contributed by atoms with Crippen LogP contribution in [0.4, 0.5) is 0 Å². The smallest absolute Gasteiger partial charge is 0.254 e. The number of carbonyl (C=O) groups is 2. The summed E-state index contributed by atoms with van der Waals surface area (Å²) in [6.07, 6.45) is 0. The van der Waals surface area contributed by atoms with E-state index in [1.807, 2.05) is 0 Å². The van der Waals surface area contributed by atoms with E-state index in [0.29, 0.717) is 23.7 Å². The van der Waals surface area contributed by atoms with Crippen molar-refractivity contribution >= 4 is 39.3 Å². The number of amides is 2. The maximum absolute atomic E-state index is 12.3. The highest BCUT2D eigenvalue weighted by Crippen LogP contribution is 2.21. The number of hydrogen-bond acceptors (Lipinski definition) is 2. The van der Waals surface area contributed by atoms with Crippen molar-refractivity contribution in [1.29, 1.82) is 0 Å². The van der Waals surface area contributed by atoms with E-state index in [9.17, 15) is 9.59 Å². The van der Waals surface area contributed by atoms with Crippen molar-refractivity contribution in [2.45, 2.75) is 13.0 Å². The Kier molecular flexibility index (Phi) is 3.92. The van der Waals surface area contributed by atoms with Gasteiger partial charge in [0.1, 0.15) is 6.04 Å². The summed E-state index contributed by atoms with van der Waals surface area (Å²) in [7, 11) is 0. The fourth-order valence-electron chi connectivity index (χ4n) is 1.90. The van der Waals surface area contributed by atoms with Gasteiger partial charge >= 0.3 is 0 Å². The number of benzene rings is 1. The monoisotopic (exact) mass is 330 g/mol. The quantitative estimate of drug-likeness (QED) is 0.856. The third kappa shape index (κ3) is 2.67. The lowest BCUT2D eigenvalue weighted by Crippen LogP contribution is -2.55. The Balaban J connectivity index is 2.27. The molecule has 1 aliphatic rings. The molecule has 0 spiro atoms. The van der Waals surface area contributed by atoms with Crippen LogP contribution in [0.5, 0.6) is 0 Å². The molecule has 0 saturated carbocycles. The van der Waals surface area contributed by atoms with Gasteiger partial charge in [-0.05, 0) is 25.1 Å². The molecule has 0 bridgehead atoms. The van der Waals surface area contributed by atoms with Crippen molar-refractivity contribution in [3.05, 3.63) is 33.3 Å². The van der Waals surface area contributed by atoms with Gasteiger partial charge in [-0.2, -0.15) is 0 Å². The summed E-state index contributed by atoms with van der Waals surface area (Å²) in [6.45, 7) is 2.71. The van der Waals surface area contributed by atoms with Crippen LogP contribution in [0.3, 0.4) is 0 Å². The average Bonchev–Trinajstić information content (AvgIpc) is 2.30. The van der Waals surface area contributed by atoms with Gasteiger partial charge in [0.15, 0.2) is 0 Å². The predicted octanol–water partition coefficient (Wildman–Crippen LogP) is 2.06. The summed E-state index contributed by atoms with van der Waals surface area (Å²) in [4.78, 5) is 25.4. The zero-order valence-corrected chi connectivity index (χ0v) is 12.1. The van der Waals surface area contributed by atoms with Gasteiger partial charge in [-0.15, -0.1) is 0 Å². The van der Waals surface area contributed by atoms with Crippen molar-refractivity contribution in [1.82, 2.24) is 10.2 Å². The summed E-state index contributed by atoms with van der Waals surface area (Å²) in [6, 6.07) is 4.57. The highest BCUT2D eigenvalue weighted by Gasteiger charge is 2.29. The molecule has 4 nitrogen and oxygen atoms in total. The third-order valence-corrected chi connectivity index (χ3v) is 3.55. The number of carbonyl (C=O) groups excluding carboxylic acids is 2. The van der Waals surface area contributed by atoms with Crippen LogP contribution >= 0.6 is 27.5 Å². The van der Waals surface area contributed by atoms with Crippen LogP contribution < -0.4 is 5.32 Å². The minimum atomic E-state index is -0.455. The first kappa shape index (κ1) is 13.4. The van der Waals surface area contributed by atoms with E-state index in [0.717, 1.165) is 4.47 Å². The van der Waals surface area contributed by atoms with Crippen LogP contribution in [0.2, 0.25) is 5.02 Å². The van der Waals surface area contributed by atoms with E-state index in [1.54, 1.807) is 30.0 Å². The second-order valence-corrected chi connectivity index (χ2v) is 5.48. The zero-order valence-electron chi connectivity index (χ0n) is 9.74. The van der Waals surface area contributed by atoms with Crippen molar-refractivity contribution in [3.63, 3.8) is 0 Å². The number of piperazine rings is 1. The van der Waals surface area contributed by atoms with Gasteiger partial charge in [0, 0.05) is 28.1 Å². The molecule has 1 heterocycles. The Morgan fingerprint density at radius 2 is 2.22 bits per heavy atom. The Morgan fingerprint density at radius 3 is 2.89 bits per heavy atom. The molecular formula is C12H12BrClN2O2. The summed E-state index contributed by atoms with van der Waals surface area (Å²) in [5.74, 6) is -0.309. The molecule has 1 atom stereocenters. The third-order valence-electron chi connectivity index (χ3n) is 2.87. The number of nitrogens with one attached hydrogen (secondary N) is 1. The van der Waals surface area contributed by atoms with E-state index in [-0.39, 0.29) is 11.8 Å². The second-order valence-electron chi connectivity index (χ2n) is 4.12. The molecule has 1 N–H and O–H groups in total. The molecule has 1 aliphatic heterocycles. The first-order valence-corrected chi connectivity index (χ1v) is 6.71. The second kappa shape index (κ2) is 5.28. The SMILES string of the molecule is CC1C(=O)NCCN1C(=O)c1cc(Cl)cc(Br)c1. The van der Waals surface area contributed by atoms with E-state index in [2.05, 4.69) is 21.2 Å². The summed E-state index contributed by atoms with van der Waals surface area (Å²) < 4.78 is 0.743. The minimum Gasteiger partial charge on any atom is -0.353 e. The zero-order chi connectivity index (χ0) is 13.3. The number of halogens is 2. The number of rotatable bonds is 1. The van der Waals surface area contributed by atoms with Gasteiger partial charge in [-0.25, -0.2) is 0 Å². The van der Waals surface area contributed by atoms with E-state index < -0.39 is 6.04 Å². The molecular weight excluding hydrogens is 320 g/mol. The standard InChI is InChI=1S/C12H12BrClN2O2/c1-7-11(17)15-2-3-16(7)12(18)8-4-9(13)6-10(14)5-8/h4-7H,2-3H2,1H3,(H,15,17). The highest BCUT2D eigenvalue weighted by molar-refractivity contribution is 9.10. The summed E-state index contributed by atoms with van der Waals surface area (Å²) in [5, 5.41) is 3.21. The summed E-state index contributed by atoms with van der Waals surface area (Å²) >= 11 is 9.22. The first-order chi connectivity index (χ1) is 8.49.